The number of carbonyl (C=O) groups is 1. The van der Waals surface area contributed by atoms with Crippen LogP contribution in [0.5, 0.6) is 0 Å². The number of aromatic nitrogens is 2. The highest BCUT2D eigenvalue weighted by Gasteiger charge is 2.16. The predicted octanol–water partition coefficient (Wildman–Crippen LogP) is 2.61. The number of hydrazine groups is 1. The summed E-state index contributed by atoms with van der Waals surface area (Å²) >= 11 is 2.60. The monoisotopic (exact) mass is 386 g/mol. The zero-order valence-corrected chi connectivity index (χ0v) is 15.6. The standard InChI is InChI=1S/C18H18N4O2S2/c19-22-14(23)9-26-18-20-16(24)15-13(8-25-17(15)21-18)12-6-5-10-3-1-2-4-11(10)7-12/h5-8H,1-4,9,19H2,(H,22,23)(H,20,21,24). The molecule has 134 valence electrons. The molecule has 0 spiro atoms. The molecule has 2 heterocycles. The summed E-state index contributed by atoms with van der Waals surface area (Å²) in [4.78, 5) is 31.8. The molecular weight excluding hydrogens is 368 g/mol. The van der Waals surface area contributed by atoms with Gasteiger partial charge in [0.05, 0.1) is 11.1 Å². The number of H-pyrrole nitrogens is 1. The van der Waals surface area contributed by atoms with Gasteiger partial charge in [0.15, 0.2) is 5.16 Å². The number of benzene rings is 1. The lowest BCUT2D eigenvalue weighted by molar-refractivity contribution is -0.118. The molecule has 0 aliphatic heterocycles. The van der Waals surface area contributed by atoms with Crippen molar-refractivity contribution in [2.45, 2.75) is 30.8 Å². The Hall–Kier alpha value is -2.16. The number of nitrogens with zero attached hydrogens (tertiary/aromatic N) is 1. The third kappa shape index (κ3) is 3.27. The molecule has 1 aliphatic rings. The highest BCUT2D eigenvalue weighted by molar-refractivity contribution is 7.99. The lowest BCUT2D eigenvalue weighted by Gasteiger charge is -2.16. The zero-order chi connectivity index (χ0) is 18.1. The number of thiophene rings is 1. The zero-order valence-electron chi connectivity index (χ0n) is 14.0. The van der Waals surface area contributed by atoms with Gasteiger partial charge >= 0.3 is 0 Å². The Morgan fingerprint density at radius 2 is 2.12 bits per heavy atom. The van der Waals surface area contributed by atoms with Crippen molar-refractivity contribution >= 4 is 39.2 Å². The number of fused-ring (bicyclic) bond motifs is 2. The second kappa shape index (κ2) is 7.22. The molecule has 0 bridgehead atoms. The molecule has 1 aromatic carbocycles. The van der Waals surface area contributed by atoms with Crippen molar-refractivity contribution < 1.29 is 4.79 Å². The lowest BCUT2D eigenvalue weighted by atomic mass is 9.89. The van der Waals surface area contributed by atoms with Gasteiger partial charge in [-0.3, -0.25) is 15.0 Å². The third-order valence-electron chi connectivity index (χ3n) is 4.58. The summed E-state index contributed by atoms with van der Waals surface area (Å²) in [6, 6.07) is 6.49. The maximum Gasteiger partial charge on any atom is 0.260 e. The number of carbonyl (C=O) groups excluding carboxylic acids is 1. The van der Waals surface area contributed by atoms with E-state index in [-0.39, 0.29) is 17.2 Å². The van der Waals surface area contributed by atoms with Crippen LogP contribution in [0.3, 0.4) is 0 Å². The van der Waals surface area contributed by atoms with E-state index in [2.05, 4.69) is 33.6 Å². The third-order valence-corrected chi connectivity index (χ3v) is 6.33. The maximum atomic E-state index is 12.6. The first kappa shape index (κ1) is 17.3. The summed E-state index contributed by atoms with van der Waals surface area (Å²) in [6.45, 7) is 0. The predicted molar refractivity (Wildman–Crippen MR) is 105 cm³/mol. The molecular formula is C18H18N4O2S2. The van der Waals surface area contributed by atoms with Crippen LogP contribution in [0.15, 0.2) is 33.5 Å². The Labute approximate surface area is 158 Å². The quantitative estimate of drug-likeness (QED) is 0.210. The Morgan fingerprint density at radius 1 is 1.31 bits per heavy atom. The Kier molecular flexibility index (Phi) is 4.80. The van der Waals surface area contributed by atoms with E-state index in [9.17, 15) is 9.59 Å². The normalized spacial score (nSPS) is 13.6. The van der Waals surface area contributed by atoms with Gasteiger partial charge in [0.1, 0.15) is 4.83 Å². The van der Waals surface area contributed by atoms with Crippen molar-refractivity contribution in [3.63, 3.8) is 0 Å². The van der Waals surface area contributed by atoms with Crippen LogP contribution >= 0.6 is 23.1 Å². The van der Waals surface area contributed by atoms with Crippen LogP contribution in [0.25, 0.3) is 21.3 Å². The first-order valence-corrected chi connectivity index (χ1v) is 10.3. The molecule has 0 radical (unpaired) electrons. The molecule has 2 aromatic heterocycles. The van der Waals surface area contributed by atoms with Crippen LogP contribution in [0, 0.1) is 0 Å². The first-order valence-electron chi connectivity index (χ1n) is 8.41. The van der Waals surface area contributed by atoms with E-state index in [0.29, 0.717) is 15.4 Å². The largest absolute Gasteiger partial charge is 0.301 e. The first-order chi connectivity index (χ1) is 12.7. The van der Waals surface area contributed by atoms with Crippen LogP contribution in [0.2, 0.25) is 0 Å². The fraction of sp³-hybridized carbons (Fsp3) is 0.278. The van der Waals surface area contributed by atoms with Gasteiger partial charge in [-0.1, -0.05) is 30.0 Å². The topological polar surface area (TPSA) is 101 Å². The number of rotatable bonds is 4. The summed E-state index contributed by atoms with van der Waals surface area (Å²) in [6.07, 6.45) is 4.71. The fourth-order valence-corrected chi connectivity index (χ4v) is 4.96. The van der Waals surface area contributed by atoms with Gasteiger partial charge < -0.3 is 4.98 Å². The van der Waals surface area contributed by atoms with Crippen LogP contribution in [0.1, 0.15) is 24.0 Å². The summed E-state index contributed by atoms with van der Waals surface area (Å²) in [5.41, 5.74) is 6.67. The summed E-state index contributed by atoms with van der Waals surface area (Å²) in [5.74, 6) is 4.85. The van der Waals surface area contributed by atoms with E-state index in [0.717, 1.165) is 35.7 Å². The minimum atomic E-state index is -0.321. The number of thioether (sulfide) groups is 1. The van der Waals surface area contributed by atoms with Gasteiger partial charge in [0.2, 0.25) is 5.91 Å². The van der Waals surface area contributed by atoms with Crippen molar-refractivity contribution in [1.29, 1.82) is 0 Å². The van der Waals surface area contributed by atoms with Gasteiger partial charge in [-0.25, -0.2) is 10.8 Å². The lowest BCUT2D eigenvalue weighted by Crippen LogP contribution is -2.31. The van der Waals surface area contributed by atoms with E-state index in [1.54, 1.807) is 0 Å². The Bertz CT molecular complexity index is 1040. The Balaban J connectivity index is 1.71. The van der Waals surface area contributed by atoms with Crippen molar-refractivity contribution in [2.24, 2.45) is 5.84 Å². The number of amides is 1. The van der Waals surface area contributed by atoms with E-state index in [1.807, 2.05) is 5.38 Å². The average molecular weight is 387 g/mol. The summed E-state index contributed by atoms with van der Waals surface area (Å²) in [5, 5.41) is 3.02. The van der Waals surface area contributed by atoms with E-state index < -0.39 is 0 Å². The fourth-order valence-electron chi connectivity index (χ4n) is 3.29. The number of aromatic amines is 1. The van der Waals surface area contributed by atoms with Crippen LogP contribution in [0.4, 0.5) is 0 Å². The molecule has 6 nitrogen and oxygen atoms in total. The average Bonchev–Trinajstić information content (AvgIpc) is 3.10. The highest BCUT2D eigenvalue weighted by Crippen LogP contribution is 2.34. The van der Waals surface area contributed by atoms with Gasteiger partial charge in [0, 0.05) is 10.9 Å². The minimum Gasteiger partial charge on any atom is -0.301 e. The molecule has 1 amide bonds. The Morgan fingerprint density at radius 3 is 2.92 bits per heavy atom. The molecule has 0 unspecified atom stereocenters. The maximum absolute atomic E-state index is 12.6. The molecule has 0 atom stereocenters. The number of aryl methyl sites for hydroxylation is 2. The van der Waals surface area contributed by atoms with Crippen LogP contribution in [-0.2, 0) is 17.6 Å². The molecule has 0 saturated carbocycles. The number of hydrogen-bond acceptors (Lipinski definition) is 6. The van der Waals surface area contributed by atoms with Gasteiger partial charge in [-0.15, -0.1) is 11.3 Å². The van der Waals surface area contributed by atoms with Gasteiger partial charge in [0.25, 0.3) is 5.56 Å². The van der Waals surface area contributed by atoms with Crippen LogP contribution < -0.4 is 16.8 Å². The molecule has 4 N–H and O–H groups in total. The molecule has 26 heavy (non-hydrogen) atoms. The minimum absolute atomic E-state index is 0.105. The number of nitrogens with one attached hydrogen (secondary N) is 2. The molecule has 0 saturated heterocycles. The molecule has 8 heteroatoms. The number of nitrogens with two attached hydrogens (primary N) is 1. The van der Waals surface area contributed by atoms with E-state index >= 15 is 0 Å². The summed E-state index contributed by atoms with van der Waals surface area (Å²) in [7, 11) is 0. The van der Waals surface area contributed by atoms with Crippen molar-refractivity contribution in [3.05, 3.63) is 45.1 Å². The van der Waals surface area contributed by atoms with Crippen molar-refractivity contribution in [1.82, 2.24) is 15.4 Å². The van der Waals surface area contributed by atoms with Gasteiger partial charge in [-0.05, 0) is 42.4 Å². The number of hydrogen-bond donors (Lipinski definition) is 3. The molecule has 3 aromatic rings. The second-order valence-electron chi connectivity index (χ2n) is 6.25. The molecule has 0 fully saturated rings. The van der Waals surface area contributed by atoms with Gasteiger partial charge in [-0.2, -0.15) is 0 Å². The SMILES string of the molecule is NNC(=O)CSc1nc2scc(-c3ccc4c(c3)CCCC4)c2c(=O)[nH]1. The molecule has 4 rings (SSSR count). The second-order valence-corrected chi connectivity index (χ2v) is 8.07. The highest BCUT2D eigenvalue weighted by atomic mass is 32.2. The van der Waals surface area contributed by atoms with Crippen molar-refractivity contribution in [2.75, 3.05) is 5.75 Å². The smallest absolute Gasteiger partial charge is 0.260 e. The van der Waals surface area contributed by atoms with E-state index in [4.69, 9.17) is 5.84 Å². The summed E-state index contributed by atoms with van der Waals surface area (Å²) < 4.78 is 0. The van der Waals surface area contributed by atoms with E-state index in [1.165, 1.54) is 35.3 Å². The van der Waals surface area contributed by atoms with Crippen LogP contribution in [-0.4, -0.2) is 21.6 Å². The molecule has 1 aliphatic carbocycles. The van der Waals surface area contributed by atoms with Crippen molar-refractivity contribution in [3.8, 4) is 11.1 Å².